The van der Waals surface area contributed by atoms with Gasteiger partial charge in [0.05, 0.1) is 21.6 Å². The summed E-state index contributed by atoms with van der Waals surface area (Å²) in [5.41, 5.74) is 2.86. The summed E-state index contributed by atoms with van der Waals surface area (Å²) < 4.78 is 28.4. The number of thiophene rings is 1. The van der Waals surface area contributed by atoms with Crippen molar-refractivity contribution in [3.05, 3.63) is 76.1 Å². The zero-order valence-corrected chi connectivity index (χ0v) is 20.3. The Morgan fingerprint density at radius 2 is 1.73 bits per heavy atom. The Morgan fingerprint density at radius 1 is 0.970 bits per heavy atom. The average Bonchev–Trinajstić information content (AvgIpc) is 3.56. The summed E-state index contributed by atoms with van der Waals surface area (Å²) in [5.74, 6) is -0.166. The number of fused-ring (bicyclic) bond motifs is 1. The minimum Gasteiger partial charge on any atom is -0.326 e. The lowest BCUT2D eigenvalue weighted by molar-refractivity contribution is -0.115. The molecular weight excluding hydrogens is 474 g/mol. The monoisotopic (exact) mass is 497 g/mol. The van der Waals surface area contributed by atoms with Crippen molar-refractivity contribution in [1.82, 2.24) is 9.29 Å². The van der Waals surface area contributed by atoms with Crippen LogP contribution < -0.4 is 5.32 Å². The molecule has 9 heteroatoms. The molecule has 0 atom stereocenters. The number of amides is 1. The molecular formula is C24H23N3O3S3. The molecule has 1 saturated heterocycles. The maximum absolute atomic E-state index is 12.7. The fourth-order valence-corrected chi connectivity index (χ4v) is 7.91. The first-order valence-electron chi connectivity index (χ1n) is 10.8. The molecule has 0 radical (unpaired) electrons. The summed E-state index contributed by atoms with van der Waals surface area (Å²) in [7, 11) is -3.44. The molecule has 3 heterocycles. The van der Waals surface area contributed by atoms with Gasteiger partial charge >= 0.3 is 0 Å². The standard InChI is InChI=1S/C24H23N3O3S3/c28-22(16-19-11-12-24(31-19)33(29,30)27-13-3-4-14-27)25-18-9-7-17(8-10-18)15-23-26-20-5-1-2-6-21(20)32-23/h1-2,5-12H,3-4,13-16H2,(H,25,28). The average molecular weight is 498 g/mol. The predicted molar refractivity (Wildman–Crippen MR) is 134 cm³/mol. The third kappa shape index (κ3) is 5.01. The quantitative estimate of drug-likeness (QED) is 0.393. The number of nitrogens with zero attached hydrogens (tertiary/aromatic N) is 2. The topological polar surface area (TPSA) is 79.4 Å². The number of nitrogens with one attached hydrogen (secondary N) is 1. The lowest BCUT2D eigenvalue weighted by Crippen LogP contribution is -2.27. The van der Waals surface area contributed by atoms with E-state index < -0.39 is 10.0 Å². The maximum atomic E-state index is 12.7. The van der Waals surface area contributed by atoms with Gasteiger partial charge in [-0.25, -0.2) is 13.4 Å². The number of anilines is 1. The number of rotatable bonds is 7. The van der Waals surface area contributed by atoms with E-state index in [0.29, 0.717) is 17.3 Å². The highest BCUT2D eigenvalue weighted by Crippen LogP contribution is 2.28. The fourth-order valence-electron chi connectivity index (χ4n) is 3.89. The van der Waals surface area contributed by atoms with Crippen molar-refractivity contribution < 1.29 is 13.2 Å². The van der Waals surface area contributed by atoms with Crippen LogP contribution in [0, 0.1) is 0 Å². The predicted octanol–water partition coefficient (Wildman–Crippen LogP) is 4.91. The number of carbonyl (C=O) groups excluding carboxylic acids is 1. The molecule has 33 heavy (non-hydrogen) atoms. The van der Waals surface area contributed by atoms with E-state index >= 15 is 0 Å². The van der Waals surface area contributed by atoms with Gasteiger partial charge in [0.25, 0.3) is 10.0 Å². The van der Waals surface area contributed by atoms with E-state index in [9.17, 15) is 13.2 Å². The van der Waals surface area contributed by atoms with Crippen molar-refractivity contribution in [3.63, 3.8) is 0 Å². The number of benzene rings is 2. The number of carbonyl (C=O) groups is 1. The molecule has 0 unspecified atom stereocenters. The van der Waals surface area contributed by atoms with Crippen LogP contribution in [0.2, 0.25) is 0 Å². The second-order valence-corrected chi connectivity index (χ2v) is 12.5. The molecule has 2 aromatic carbocycles. The molecule has 0 aliphatic carbocycles. The Balaban J connectivity index is 1.18. The Hall–Kier alpha value is -2.59. The molecule has 1 N–H and O–H groups in total. The Labute approximate surface area is 201 Å². The van der Waals surface area contributed by atoms with E-state index in [4.69, 9.17) is 0 Å². The van der Waals surface area contributed by atoms with Crippen LogP contribution in [-0.4, -0.2) is 36.7 Å². The number of aromatic nitrogens is 1. The van der Waals surface area contributed by atoms with Crippen LogP contribution in [0.4, 0.5) is 5.69 Å². The second kappa shape index (κ2) is 9.34. The summed E-state index contributed by atoms with van der Waals surface area (Å²) in [6, 6.07) is 19.2. The zero-order valence-electron chi connectivity index (χ0n) is 17.9. The van der Waals surface area contributed by atoms with Crippen LogP contribution in [0.25, 0.3) is 10.2 Å². The van der Waals surface area contributed by atoms with E-state index in [0.717, 1.165) is 45.9 Å². The molecule has 0 saturated carbocycles. The largest absolute Gasteiger partial charge is 0.326 e. The summed E-state index contributed by atoms with van der Waals surface area (Å²) >= 11 is 2.87. The second-order valence-electron chi connectivity index (χ2n) is 8.01. The molecule has 1 aliphatic heterocycles. The van der Waals surface area contributed by atoms with Crippen molar-refractivity contribution in [2.75, 3.05) is 18.4 Å². The van der Waals surface area contributed by atoms with Crippen LogP contribution >= 0.6 is 22.7 Å². The Bertz CT molecular complexity index is 1350. The number of hydrogen-bond donors (Lipinski definition) is 1. The molecule has 1 aliphatic rings. The SMILES string of the molecule is O=C(Cc1ccc(S(=O)(=O)N2CCCC2)s1)Nc1ccc(Cc2nc3ccccc3s2)cc1. The van der Waals surface area contributed by atoms with Crippen LogP contribution in [-0.2, 0) is 27.7 Å². The first kappa shape index (κ1) is 22.2. The van der Waals surface area contributed by atoms with E-state index in [-0.39, 0.29) is 12.3 Å². The molecule has 1 amide bonds. The molecule has 0 bridgehead atoms. The van der Waals surface area contributed by atoms with Gasteiger partial charge in [-0.15, -0.1) is 22.7 Å². The molecule has 2 aromatic heterocycles. The molecule has 1 fully saturated rings. The van der Waals surface area contributed by atoms with E-state index in [2.05, 4.69) is 16.4 Å². The van der Waals surface area contributed by atoms with Crippen molar-refractivity contribution in [1.29, 1.82) is 0 Å². The maximum Gasteiger partial charge on any atom is 0.252 e. The molecule has 6 nitrogen and oxygen atoms in total. The third-order valence-electron chi connectivity index (χ3n) is 5.56. The summed E-state index contributed by atoms with van der Waals surface area (Å²) in [6.07, 6.45) is 2.70. The van der Waals surface area contributed by atoms with Gasteiger partial charge in [-0.3, -0.25) is 4.79 Å². The number of sulfonamides is 1. The number of para-hydroxylation sites is 1. The Kier molecular flexibility index (Phi) is 6.29. The van der Waals surface area contributed by atoms with Crippen LogP contribution in [0.5, 0.6) is 0 Å². The lowest BCUT2D eigenvalue weighted by Gasteiger charge is -2.13. The molecule has 4 aromatic rings. The van der Waals surface area contributed by atoms with Gasteiger partial charge in [0.1, 0.15) is 4.21 Å². The normalized spacial score (nSPS) is 14.7. The van der Waals surface area contributed by atoms with E-state index in [1.165, 1.54) is 20.3 Å². The summed E-state index contributed by atoms with van der Waals surface area (Å²) in [5, 5.41) is 3.96. The minimum absolute atomic E-state index is 0.146. The third-order valence-corrected chi connectivity index (χ3v) is 10.0. The van der Waals surface area contributed by atoms with Gasteiger partial charge in [-0.2, -0.15) is 4.31 Å². The number of thiazole rings is 1. The molecule has 5 rings (SSSR count). The Morgan fingerprint density at radius 3 is 2.48 bits per heavy atom. The highest BCUT2D eigenvalue weighted by atomic mass is 32.2. The van der Waals surface area contributed by atoms with Crippen molar-refractivity contribution in [2.24, 2.45) is 0 Å². The zero-order chi connectivity index (χ0) is 22.8. The van der Waals surface area contributed by atoms with Crippen molar-refractivity contribution in [3.8, 4) is 0 Å². The first-order valence-corrected chi connectivity index (χ1v) is 13.9. The minimum atomic E-state index is -3.44. The summed E-state index contributed by atoms with van der Waals surface area (Å²) in [6.45, 7) is 1.15. The molecule has 0 spiro atoms. The smallest absolute Gasteiger partial charge is 0.252 e. The van der Waals surface area contributed by atoms with Crippen molar-refractivity contribution >= 4 is 54.5 Å². The van der Waals surface area contributed by atoms with Gasteiger partial charge in [-0.1, -0.05) is 24.3 Å². The van der Waals surface area contributed by atoms with Gasteiger partial charge in [0, 0.05) is 30.1 Å². The highest BCUT2D eigenvalue weighted by molar-refractivity contribution is 7.91. The first-order chi connectivity index (χ1) is 16.0. The van der Waals surface area contributed by atoms with Crippen molar-refractivity contribution in [2.45, 2.75) is 29.9 Å². The van der Waals surface area contributed by atoms with Gasteiger partial charge in [0.2, 0.25) is 5.91 Å². The van der Waals surface area contributed by atoms with Crippen LogP contribution in [0.3, 0.4) is 0 Å². The van der Waals surface area contributed by atoms with Gasteiger partial charge in [0.15, 0.2) is 0 Å². The van der Waals surface area contributed by atoms with E-state index in [1.54, 1.807) is 23.5 Å². The van der Waals surface area contributed by atoms with Gasteiger partial charge < -0.3 is 5.32 Å². The summed E-state index contributed by atoms with van der Waals surface area (Å²) in [4.78, 5) is 17.9. The lowest BCUT2D eigenvalue weighted by atomic mass is 10.1. The van der Waals surface area contributed by atoms with E-state index in [1.807, 2.05) is 42.5 Å². The number of hydrogen-bond acceptors (Lipinski definition) is 6. The van der Waals surface area contributed by atoms with Crippen LogP contribution in [0.15, 0.2) is 64.9 Å². The van der Waals surface area contributed by atoms with Crippen LogP contribution in [0.1, 0.15) is 28.3 Å². The molecule has 170 valence electrons. The van der Waals surface area contributed by atoms with Gasteiger partial charge in [-0.05, 0) is 54.8 Å². The fraction of sp³-hybridized carbons (Fsp3) is 0.250. The highest BCUT2D eigenvalue weighted by Gasteiger charge is 2.28.